The molecule has 4 fully saturated rings. The maximum Gasteiger partial charge on any atom is 0.410 e. The molecule has 4 heterocycles. The number of ether oxygens (including phenoxy) is 7. The van der Waals surface area contributed by atoms with E-state index < -0.39 is 23.8 Å². The van der Waals surface area contributed by atoms with Gasteiger partial charge in [-0.05, 0) is 133 Å². The second-order valence-electron chi connectivity index (χ2n) is 24.3. The molecule has 462 valence electrons. The maximum absolute atomic E-state index is 14.5. The van der Waals surface area contributed by atoms with Gasteiger partial charge in [0.25, 0.3) is 0 Å². The van der Waals surface area contributed by atoms with Crippen LogP contribution < -0.4 is 20.3 Å². The second kappa shape index (κ2) is 32.6. The van der Waals surface area contributed by atoms with E-state index in [4.69, 9.17) is 43.2 Å². The Hall–Kier alpha value is -5.90. The number of hydrogen-bond donors (Lipinski definition) is 2. The van der Waals surface area contributed by atoms with Gasteiger partial charge in [-0.25, -0.2) is 19.4 Å². The molecule has 2 N–H and O–H groups in total. The first kappa shape index (κ1) is 64.1. The summed E-state index contributed by atoms with van der Waals surface area (Å²) in [5.74, 6) is 2.67. The van der Waals surface area contributed by atoms with Crippen LogP contribution in [0, 0.1) is 11.8 Å². The van der Waals surface area contributed by atoms with Gasteiger partial charge in [-0.1, -0.05) is 61.7 Å². The summed E-state index contributed by atoms with van der Waals surface area (Å²) >= 11 is 0. The smallest absolute Gasteiger partial charge is 0.410 e. The summed E-state index contributed by atoms with van der Waals surface area (Å²) in [4.78, 5) is 58.5. The summed E-state index contributed by atoms with van der Waals surface area (Å²) in [6.07, 6.45) is 15.3. The van der Waals surface area contributed by atoms with E-state index in [0.29, 0.717) is 91.0 Å². The van der Waals surface area contributed by atoms with Crippen molar-refractivity contribution in [3.63, 3.8) is 0 Å². The molecular formula is C64H96N10O10. The number of anilines is 2. The first-order chi connectivity index (χ1) is 40.7. The van der Waals surface area contributed by atoms with E-state index in [1.807, 2.05) is 67.6 Å². The summed E-state index contributed by atoms with van der Waals surface area (Å²) in [6.45, 7) is 16.2. The molecule has 2 saturated carbocycles. The van der Waals surface area contributed by atoms with E-state index in [1.54, 1.807) is 34.7 Å². The third-order valence-corrected chi connectivity index (χ3v) is 16.7. The van der Waals surface area contributed by atoms with Crippen LogP contribution in [0.2, 0.25) is 0 Å². The maximum atomic E-state index is 14.5. The van der Waals surface area contributed by atoms with E-state index in [1.165, 1.54) is 16.0 Å². The van der Waals surface area contributed by atoms with E-state index in [2.05, 4.69) is 54.6 Å². The number of nitrogens with zero attached hydrogens (tertiary/aromatic N) is 8. The van der Waals surface area contributed by atoms with Gasteiger partial charge in [-0.2, -0.15) is 5.10 Å². The average molecular weight is 1170 g/mol. The van der Waals surface area contributed by atoms with Crippen molar-refractivity contribution in [2.24, 2.45) is 11.8 Å². The highest BCUT2D eigenvalue weighted by Crippen LogP contribution is 2.36. The largest absolute Gasteiger partial charge is 0.491 e. The van der Waals surface area contributed by atoms with Gasteiger partial charge >= 0.3 is 6.09 Å². The molecule has 3 amide bonds. The summed E-state index contributed by atoms with van der Waals surface area (Å²) in [5.41, 5.74) is 3.56. The summed E-state index contributed by atoms with van der Waals surface area (Å²) in [6, 6.07) is 19.6. The fourth-order valence-corrected chi connectivity index (χ4v) is 12.0. The molecule has 0 bridgehead atoms. The average Bonchev–Trinajstić information content (AvgIpc) is 4.15. The van der Waals surface area contributed by atoms with Crippen LogP contribution in [0.25, 0.3) is 11.3 Å². The summed E-state index contributed by atoms with van der Waals surface area (Å²) < 4.78 is 42.5. The zero-order chi connectivity index (χ0) is 59.3. The fourth-order valence-electron chi connectivity index (χ4n) is 12.0. The molecule has 0 spiro atoms. The van der Waals surface area contributed by atoms with Gasteiger partial charge in [-0.15, -0.1) is 0 Å². The number of hydrogen-bond acceptors (Lipinski definition) is 16. The second-order valence-corrected chi connectivity index (χ2v) is 24.3. The normalized spacial score (nSPS) is 20.2. The minimum absolute atomic E-state index is 0.0264. The van der Waals surface area contributed by atoms with E-state index in [9.17, 15) is 14.4 Å². The standard InChI is InChI=1S/C64H96N10O10/c1-47(71(7)63(77)84-64(2,3)4)59(75)69-58(51-16-12-9-13-17-51)61(76)73-33-29-50-28-32-72(46-57(50)73)31-27-48-18-22-53(23-19-48)82-42-40-80-38-36-78-34-35-79-37-39-81-41-43-83-54-24-20-52(21-25-54)67-62-65-30-26-56(68-62)55-44-66-74(60(55)70(5)6)45-49-14-10-8-11-15-49/h8,10-11,14-15,18-19,22-23,26,30,44,47,50-52,54,57-58H,9,12-13,16-17,20-21,24-25,27-29,31-43,45-46H2,1-7H3,(H,69,75)(H,65,67,68)/t47-,50-,52?,54?,57-,58-/m0/s1. The van der Waals surface area contributed by atoms with Crippen LogP contribution >= 0.6 is 0 Å². The number of rotatable bonds is 31. The molecule has 2 aromatic heterocycles. The van der Waals surface area contributed by atoms with E-state index in [0.717, 1.165) is 120 Å². The molecule has 2 saturated heterocycles. The fraction of sp³-hybridized carbons (Fsp3) is 0.656. The van der Waals surface area contributed by atoms with Crippen molar-refractivity contribution in [3.8, 4) is 17.0 Å². The molecule has 2 aliphatic heterocycles. The SMILES string of the molecule is C[C@@H](C(=O)N[C@H](C(=O)N1CC[C@@H]2CCN(CCc3ccc(OCCOCCOCCOCCOCCOC4CCC(Nc5nccc(-c6cnn(Cc7ccccc7)c6N(C)C)n5)CC4)cc3)C[C@@H]21)C1CCCCC1)N(C)C(=O)OC(C)(C)C. The number of likely N-dealkylation sites (N-methyl/N-ethyl adjacent to an activating group) is 1. The Kier molecular flexibility index (Phi) is 24.9. The van der Waals surface area contributed by atoms with E-state index >= 15 is 0 Å². The van der Waals surface area contributed by atoms with Crippen molar-refractivity contribution in [2.45, 2.75) is 147 Å². The molecule has 20 heteroatoms. The zero-order valence-corrected chi connectivity index (χ0v) is 51.2. The van der Waals surface area contributed by atoms with Gasteiger partial charge in [0.05, 0.1) is 89.6 Å². The first-order valence-electron chi connectivity index (χ1n) is 31.0. The highest BCUT2D eigenvalue weighted by atomic mass is 16.6. The molecule has 4 atom stereocenters. The molecule has 0 unspecified atom stereocenters. The van der Waals surface area contributed by atoms with Crippen LogP contribution in [0.3, 0.4) is 0 Å². The molecule has 8 rings (SSSR count). The first-order valence-corrected chi connectivity index (χ1v) is 31.0. The van der Waals surface area contributed by atoms with Gasteiger partial charge < -0.3 is 58.5 Å². The van der Waals surface area contributed by atoms with Gasteiger partial charge in [0.1, 0.15) is 35.9 Å². The van der Waals surface area contributed by atoms with Gasteiger partial charge in [0.2, 0.25) is 17.8 Å². The number of nitrogens with one attached hydrogen (secondary N) is 2. The minimum Gasteiger partial charge on any atom is -0.491 e. The molecular weight excluding hydrogens is 1070 g/mol. The Labute approximate surface area is 498 Å². The lowest BCUT2D eigenvalue weighted by Crippen LogP contribution is -2.59. The Morgan fingerprint density at radius 2 is 1.39 bits per heavy atom. The van der Waals surface area contributed by atoms with Crippen LogP contribution in [0.4, 0.5) is 16.6 Å². The molecule has 0 radical (unpaired) electrons. The molecule has 2 aromatic carbocycles. The number of amides is 3. The molecule has 20 nitrogen and oxygen atoms in total. The number of aromatic nitrogens is 4. The van der Waals surface area contributed by atoms with Crippen LogP contribution in [0.1, 0.15) is 109 Å². The number of benzene rings is 2. The molecule has 84 heavy (non-hydrogen) atoms. The number of carbonyl (C=O) groups excluding carboxylic acids is 3. The van der Waals surface area contributed by atoms with Crippen molar-refractivity contribution < 1.29 is 47.5 Å². The predicted octanol–water partition coefficient (Wildman–Crippen LogP) is 8.13. The van der Waals surface area contributed by atoms with Crippen LogP contribution in [-0.4, -0.2) is 202 Å². The van der Waals surface area contributed by atoms with Gasteiger partial charge in [0.15, 0.2) is 0 Å². The lowest BCUT2D eigenvalue weighted by molar-refractivity contribution is -0.141. The highest BCUT2D eigenvalue weighted by molar-refractivity contribution is 5.91. The van der Waals surface area contributed by atoms with E-state index in [-0.39, 0.29) is 35.9 Å². The number of piperidine rings is 1. The Morgan fingerprint density at radius 1 is 0.738 bits per heavy atom. The van der Waals surface area contributed by atoms with Crippen LogP contribution in [0.15, 0.2) is 73.1 Å². The third kappa shape index (κ3) is 19.6. The van der Waals surface area contributed by atoms with Crippen molar-refractivity contribution in [1.29, 1.82) is 0 Å². The summed E-state index contributed by atoms with van der Waals surface area (Å²) in [5, 5.41) is 11.4. The molecule has 4 aromatic rings. The number of carbonyl (C=O) groups is 3. The Morgan fingerprint density at radius 3 is 2.06 bits per heavy atom. The van der Waals surface area contributed by atoms with Crippen LogP contribution in [0.5, 0.6) is 5.75 Å². The number of likely N-dealkylation sites (tertiary alicyclic amines) is 2. The lowest BCUT2D eigenvalue weighted by Gasteiger charge is -2.41. The Balaban J connectivity index is 0.618. The number of fused-ring (bicyclic) bond motifs is 1. The third-order valence-electron chi connectivity index (χ3n) is 16.7. The molecule has 4 aliphatic rings. The summed E-state index contributed by atoms with van der Waals surface area (Å²) in [7, 11) is 5.64. The van der Waals surface area contributed by atoms with Crippen molar-refractivity contribution in [3.05, 3.63) is 84.2 Å². The zero-order valence-electron chi connectivity index (χ0n) is 51.2. The van der Waals surface area contributed by atoms with Crippen LogP contribution in [-0.2, 0) is 51.0 Å². The van der Waals surface area contributed by atoms with Gasteiger partial charge in [0, 0.05) is 59.1 Å². The lowest BCUT2D eigenvalue weighted by atomic mass is 9.83. The van der Waals surface area contributed by atoms with Crippen molar-refractivity contribution in [1.82, 2.24) is 39.8 Å². The van der Waals surface area contributed by atoms with Crippen molar-refractivity contribution >= 4 is 29.7 Å². The molecule has 2 aliphatic carbocycles. The topological polar surface area (TPSA) is 196 Å². The predicted molar refractivity (Wildman–Crippen MR) is 324 cm³/mol. The quantitative estimate of drug-likeness (QED) is 0.0458. The highest BCUT2D eigenvalue weighted by Gasteiger charge is 2.45. The minimum atomic E-state index is -0.787. The Bertz CT molecular complexity index is 2610. The van der Waals surface area contributed by atoms with Gasteiger partial charge in [-0.3, -0.25) is 14.5 Å². The monoisotopic (exact) mass is 1160 g/mol. The van der Waals surface area contributed by atoms with Crippen molar-refractivity contribution in [2.75, 3.05) is 124 Å².